The molecule has 3 rings (SSSR count). The maximum Gasteiger partial charge on any atom is 0.154 e. The number of nitrogens with two attached hydrogens (primary N) is 1. The van der Waals surface area contributed by atoms with E-state index in [1.165, 1.54) is 4.90 Å². The van der Waals surface area contributed by atoms with Crippen molar-refractivity contribution in [2.24, 2.45) is 10.7 Å². The van der Waals surface area contributed by atoms with Crippen LogP contribution in [0.1, 0.15) is 25.0 Å². The fourth-order valence-corrected chi connectivity index (χ4v) is 3.16. The number of hydrogen-bond acceptors (Lipinski definition) is 3. The van der Waals surface area contributed by atoms with E-state index in [-0.39, 0.29) is 5.84 Å². The Morgan fingerprint density at radius 2 is 1.84 bits per heavy atom. The van der Waals surface area contributed by atoms with Crippen LogP contribution in [0.15, 0.2) is 40.2 Å². The standard InChI is InChI=1S/C15H15N3S/c1-8(2)19-11-4-3-9-6-12-13(7-10(9)5-11)15(17)18-14(12)16/h3-8H,1-2H3,(H3,16,17,18). The molecule has 0 atom stereocenters. The van der Waals surface area contributed by atoms with Gasteiger partial charge in [-0.25, -0.2) is 4.99 Å². The SMILES string of the molecule is CC(C)Sc1ccc2cc3c(cc2c1)C(=N)N=C3N. The van der Waals surface area contributed by atoms with Gasteiger partial charge in [-0.2, -0.15) is 0 Å². The van der Waals surface area contributed by atoms with E-state index in [2.05, 4.69) is 37.0 Å². The molecule has 3 nitrogen and oxygen atoms in total. The molecule has 0 aromatic heterocycles. The molecule has 3 N–H and O–H groups in total. The van der Waals surface area contributed by atoms with Crippen LogP contribution in [-0.2, 0) is 0 Å². The smallest absolute Gasteiger partial charge is 0.154 e. The van der Waals surface area contributed by atoms with Gasteiger partial charge in [-0.15, -0.1) is 11.8 Å². The zero-order valence-corrected chi connectivity index (χ0v) is 11.7. The molecule has 4 heteroatoms. The van der Waals surface area contributed by atoms with Gasteiger partial charge in [0.25, 0.3) is 0 Å². The Morgan fingerprint density at radius 1 is 1.11 bits per heavy atom. The molecule has 96 valence electrons. The van der Waals surface area contributed by atoms with Crippen molar-refractivity contribution < 1.29 is 0 Å². The van der Waals surface area contributed by atoms with Gasteiger partial charge < -0.3 is 5.73 Å². The predicted octanol–water partition coefficient (Wildman–Crippen LogP) is 3.38. The fraction of sp³-hybridized carbons (Fsp3) is 0.200. The van der Waals surface area contributed by atoms with Crippen LogP contribution in [0.3, 0.4) is 0 Å². The molecule has 0 radical (unpaired) electrons. The van der Waals surface area contributed by atoms with Crippen LogP contribution in [-0.4, -0.2) is 16.9 Å². The minimum Gasteiger partial charge on any atom is -0.383 e. The van der Waals surface area contributed by atoms with Gasteiger partial charge in [0.2, 0.25) is 0 Å². The first-order chi connectivity index (χ1) is 9.04. The predicted molar refractivity (Wildman–Crippen MR) is 82.5 cm³/mol. The molecular weight excluding hydrogens is 254 g/mol. The number of rotatable bonds is 2. The lowest BCUT2D eigenvalue weighted by molar-refractivity contribution is 1.11. The third-order valence-electron chi connectivity index (χ3n) is 3.08. The topological polar surface area (TPSA) is 62.2 Å². The summed E-state index contributed by atoms with van der Waals surface area (Å²) in [6.45, 7) is 4.36. The lowest BCUT2D eigenvalue weighted by Gasteiger charge is -2.08. The number of aliphatic imine (C=N–C) groups is 1. The molecule has 0 saturated heterocycles. The van der Waals surface area contributed by atoms with E-state index in [4.69, 9.17) is 11.1 Å². The fourth-order valence-electron chi connectivity index (χ4n) is 2.27. The minimum absolute atomic E-state index is 0.260. The summed E-state index contributed by atoms with van der Waals surface area (Å²) in [5.74, 6) is 0.707. The number of benzene rings is 2. The van der Waals surface area contributed by atoms with Gasteiger partial charge in [-0.3, -0.25) is 5.41 Å². The number of nitrogens with one attached hydrogen (secondary N) is 1. The van der Waals surface area contributed by atoms with Gasteiger partial charge in [0.15, 0.2) is 5.84 Å². The van der Waals surface area contributed by atoms with E-state index in [0.29, 0.717) is 11.1 Å². The molecule has 1 aliphatic rings. The third kappa shape index (κ3) is 2.12. The zero-order chi connectivity index (χ0) is 13.6. The molecule has 1 aliphatic heterocycles. The summed E-state index contributed by atoms with van der Waals surface area (Å²) in [5.41, 5.74) is 7.54. The first kappa shape index (κ1) is 12.2. The summed E-state index contributed by atoms with van der Waals surface area (Å²) in [6.07, 6.45) is 0. The first-order valence-corrected chi connectivity index (χ1v) is 7.10. The summed E-state index contributed by atoms with van der Waals surface area (Å²) >= 11 is 1.84. The Morgan fingerprint density at radius 3 is 2.58 bits per heavy atom. The van der Waals surface area contributed by atoms with E-state index < -0.39 is 0 Å². The van der Waals surface area contributed by atoms with E-state index in [1.54, 1.807) is 0 Å². The largest absolute Gasteiger partial charge is 0.383 e. The number of thioether (sulfide) groups is 1. The van der Waals surface area contributed by atoms with Crippen molar-refractivity contribution in [1.29, 1.82) is 5.41 Å². The second kappa shape index (κ2) is 4.38. The van der Waals surface area contributed by atoms with Crippen LogP contribution >= 0.6 is 11.8 Å². The Kier molecular flexibility index (Phi) is 2.82. The zero-order valence-electron chi connectivity index (χ0n) is 10.9. The average Bonchev–Trinajstić information content (AvgIpc) is 2.61. The van der Waals surface area contributed by atoms with Crippen LogP contribution in [0.25, 0.3) is 10.8 Å². The Balaban J connectivity index is 2.14. The summed E-state index contributed by atoms with van der Waals surface area (Å²) in [6, 6.07) is 10.4. The van der Waals surface area contributed by atoms with Crippen molar-refractivity contribution in [3.63, 3.8) is 0 Å². The second-order valence-electron chi connectivity index (χ2n) is 4.92. The first-order valence-electron chi connectivity index (χ1n) is 6.22. The molecule has 0 unspecified atom stereocenters. The highest BCUT2D eigenvalue weighted by Crippen LogP contribution is 2.29. The van der Waals surface area contributed by atoms with Gasteiger partial charge in [-0.1, -0.05) is 19.9 Å². The van der Waals surface area contributed by atoms with Gasteiger partial charge in [0.1, 0.15) is 5.84 Å². The van der Waals surface area contributed by atoms with Crippen LogP contribution in [0.5, 0.6) is 0 Å². The van der Waals surface area contributed by atoms with Crippen molar-refractivity contribution in [2.75, 3.05) is 0 Å². The monoisotopic (exact) mass is 269 g/mol. The molecule has 2 aromatic rings. The Labute approximate surface area is 116 Å². The van der Waals surface area contributed by atoms with Crippen molar-refractivity contribution in [3.05, 3.63) is 41.5 Å². The average molecular weight is 269 g/mol. The van der Waals surface area contributed by atoms with E-state index in [9.17, 15) is 0 Å². The quantitative estimate of drug-likeness (QED) is 0.821. The maximum atomic E-state index is 7.83. The molecule has 0 amide bonds. The van der Waals surface area contributed by atoms with Gasteiger partial charge >= 0.3 is 0 Å². The summed E-state index contributed by atoms with van der Waals surface area (Å²) < 4.78 is 0. The number of hydrogen-bond donors (Lipinski definition) is 2. The molecule has 0 spiro atoms. The second-order valence-corrected chi connectivity index (χ2v) is 6.57. The van der Waals surface area contributed by atoms with Crippen LogP contribution in [0.2, 0.25) is 0 Å². The van der Waals surface area contributed by atoms with Crippen LogP contribution in [0.4, 0.5) is 0 Å². The highest BCUT2D eigenvalue weighted by Gasteiger charge is 2.19. The summed E-state index contributed by atoms with van der Waals surface area (Å²) in [7, 11) is 0. The highest BCUT2D eigenvalue weighted by atomic mass is 32.2. The van der Waals surface area contributed by atoms with Crippen molar-refractivity contribution in [1.82, 2.24) is 0 Å². The Hall–Kier alpha value is -1.81. The molecule has 19 heavy (non-hydrogen) atoms. The van der Waals surface area contributed by atoms with E-state index >= 15 is 0 Å². The van der Waals surface area contributed by atoms with Crippen molar-refractivity contribution in [3.8, 4) is 0 Å². The van der Waals surface area contributed by atoms with Crippen LogP contribution < -0.4 is 5.73 Å². The molecular formula is C15H15N3S. The maximum absolute atomic E-state index is 7.83. The van der Waals surface area contributed by atoms with Crippen molar-refractivity contribution in [2.45, 2.75) is 24.0 Å². The van der Waals surface area contributed by atoms with E-state index in [1.807, 2.05) is 23.9 Å². The van der Waals surface area contributed by atoms with Gasteiger partial charge in [0, 0.05) is 21.3 Å². The van der Waals surface area contributed by atoms with Crippen molar-refractivity contribution >= 4 is 34.2 Å². The number of nitrogens with zero attached hydrogens (tertiary/aromatic N) is 1. The summed E-state index contributed by atoms with van der Waals surface area (Å²) in [4.78, 5) is 5.27. The molecule has 0 aliphatic carbocycles. The molecule has 2 aromatic carbocycles. The number of fused-ring (bicyclic) bond motifs is 2. The Bertz CT molecular complexity index is 717. The molecule has 0 bridgehead atoms. The van der Waals surface area contributed by atoms with Gasteiger partial charge in [-0.05, 0) is 35.0 Å². The molecule has 0 saturated carbocycles. The number of amidine groups is 2. The lowest BCUT2D eigenvalue weighted by atomic mass is 10.0. The summed E-state index contributed by atoms with van der Waals surface area (Å²) in [5, 5.41) is 10.7. The highest BCUT2D eigenvalue weighted by molar-refractivity contribution is 7.99. The van der Waals surface area contributed by atoms with Gasteiger partial charge in [0.05, 0.1) is 0 Å². The lowest BCUT2D eigenvalue weighted by Crippen LogP contribution is -2.10. The van der Waals surface area contributed by atoms with E-state index in [0.717, 1.165) is 21.9 Å². The minimum atomic E-state index is 0.260. The molecule has 1 heterocycles. The van der Waals surface area contributed by atoms with Crippen LogP contribution in [0, 0.1) is 5.41 Å². The normalized spacial score (nSPS) is 14.1. The third-order valence-corrected chi connectivity index (χ3v) is 4.08. The molecule has 0 fully saturated rings.